The zero-order chi connectivity index (χ0) is 12.5. The first kappa shape index (κ1) is 12.7. The molecule has 0 radical (unpaired) electrons. The topological polar surface area (TPSA) is 49.3 Å². The van der Waals surface area contributed by atoms with E-state index in [4.69, 9.17) is 0 Å². The zero-order valence-corrected chi connectivity index (χ0v) is 12.0. The molecule has 1 amide bonds. The van der Waals surface area contributed by atoms with Gasteiger partial charge in [0.25, 0.3) is 5.91 Å². The Morgan fingerprint density at radius 3 is 2.71 bits per heavy atom. The number of carbonyl (C=O) groups is 1. The van der Waals surface area contributed by atoms with Gasteiger partial charge in [-0.2, -0.15) is 0 Å². The molecule has 4 heteroatoms. The van der Waals surface area contributed by atoms with E-state index in [1.165, 1.54) is 0 Å². The van der Waals surface area contributed by atoms with Crippen molar-refractivity contribution in [3.8, 4) is 5.75 Å². The molecule has 0 spiro atoms. The molecule has 1 aromatic rings. The van der Waals surface area contributed by atoms with Crippen LogP contribution in [-0.2, 0) is 0 Å². The molecule has 0 aromatic heterocycles. The summed E-state index contributed by atoms with van der Waals surface area (Å²) in [5.41, 5.74) is 0.259. The molecule has 1 saturated carbocycles. The number of carbonyl (C=O) groups excluding carboxylic acids is 1. The fourth-order valence-electron chi connectivity index (χ4n) is 2.31. The second-order valence-electron chi connectivity index (χ2n) is 4.88. The van der Waals surface area contributed by atoms with Gasteiger partial charge in [-0.15, -0.1) is 0 Å². The van der Waals surface area contributed by atoms with Crippen molar-refractivity contribution in [1.82, 2.24) is 5.32 Å². The molecule has 0 atom stereocenters. The minimum Gasteiger partial charge on any atom is -0.507 e. The van der Waals surface area contributed by atoms with Crippen LogP contribution in [0.4, 0.5) is 0 Å². The molecule has 92 valence electrons. The second-order valence-corrected chi connectivity index (χ2v) is 6.13. The van der Waals surface area contributed by atoms with Crippen molar-refractivity contribution in [2.45, 2.75) is 38.1 Å². The third-order valence-corrected chi connectivity index (χ3v) is 4.00. The molecule has 17 heavy (non-hydrogen) atoms. The number of hydrogen-bond acceptors (Lipinski definition) is 2. The number of aromatic hydroxyl groups is 1. The Morgan fingerprint density at radius 1 is 1.41 bits per heavy atom. The summed E-state index contributed by atoms with van der Waals surface area (Å²) in [5, 5.41) is 12.7. The third-order valence-electron chi connectivity index (χ3n) is 3.33. The highest BCUT2D eigenvalue weighted by atomic mass is 127. The SMILES string of the molecule is CC1(NC(=O)c2cc(I)ccc2O)CCCC1. The van der Waals surface area contributed by atoms with Crippen LogP contribution in [0.5, 0.6) is 5.75 Å². The van der Waals surface area contributed by atoms with Gasteiger partial charge in [-0.25, -0.2) is 0 Å². The molecule has 0 aliphatic heterocycles. The van der Waals surface area contributed by atoms with E-state index in [0.717, 1.165) is 29.3 Å². The van der Waals surface area contributed by atoms with E-state index in [-0.39, 0.29) is 17.2 Å². The van der Waals surface area contributed by atoms with E-state index in [0.29, 0.717) is 5.56 Å². The van der Waals surface area contributed by atoms with Gasteiger partial charge < -0.3 is 10.4 Å². The summed E-state index contributed by atoms with van der Waals surface area (Å²) in [5.74, 6) is -0.130. The average Bonchev–Trinajstić information content (AvgIpc) is 2.68. The summed E-state index contributed by atoms with van der Waals surface area (Å²) in [4.78, 5) is 12.1. The molecule has 0 unspecified atom stereocenters. The van der Waals surface area contributed by atoms with Crippen LogP contribution in [0.25, 0.3) is 0 Å². The normalized spacial score (nSPS) is 18.0. The van der Waals surface area contributed by atoms with Crippen molar-refractivity contribution in [3.63, 3.8) is 0 Å². The smallest absolute Gasteiger partial charge is 0.255 e. The highest BCUT2D eigenvalue weighted by Gasteiger charge is 2.30. The van der Waals surface area contributed by atoms with Crippen molar-refractivity contribution in [1.29, 1.82) is 0 Å². The maximum Gasteiger partial charge on any atom is 0.255 e. The number of rotatable bonds is 2. The van der Waals surface area contributed by atoms with E-state index < -0.39 is 0 Å². The van der Waals surface area contributed by atoms with Crippen molar-refractivity contribution in [2.24, 2.45) is 0 Å². The van der Waals surface area contributed by atoms with Crippen LogP contribution >= 0.6 is 22.6 Å². The lowest BCUT2D eigenvalue weighted by Crippen LogP contribution is -2.43. The average molecular weight is 345 g/mol. The van der Waals surface area contributed by atoms with Gasteiger partial charge in [-0.05, 0) is 60.6 Å². The molecule has 1 fully saturated rings. The fraction of sp³-hybridized carbons (Fsp3) is 0.462. The maximum atomic E-state index is 12.1. The Balaban J connectivity index is 2.17. The summed E-state index contributed by atoms with van der Waals surface area (Å²) in [6.07, 6.45) is 4.36. The van der Waals surface area contributed by atoms with Crippen molar-refractivity contribution in [3.05, 3.63) is 27.3 Å². The third kappa shape index (κ3) is 2.91. The second kappa shape index (κ2) is 4.84. The van der Waals surface area contributed by atoms with Gasteiger partial charge in [0.15, 0.2) is 0 Å². The number of benzene rings is 1. The van der Waals surface area contributed by atoms with E-state index in [1.807, 2.05) is 0 Å². The lowest BCUT2D eigenvalue weighted by molar-refractivity contribution is 0.0905. The summed E-state index contributed by atoms with van der Waals surface area (Å²) in [6.45, 7) is 2.07. The molecule has 0 saturated heterocycles. The number of nitrogens with one attached hydrogen (secondary N) is 1. The van der Waals surface area contributed by atoms with E-state index >= 15 is 0 Å². The molecule has 2 N–H and O–H groups in total. The number of phenols is 1. The minimum absolute atomic E-state index is 0.0458. The molecular weight excluding hydrogens is 329 g/mol. The Bertz CT molecular complexity index is 439. The number of amides is 1. The quantitative estimate of drug-likeness (QED) is 0.810. The van der Waals surface area contributed by atoms with Gasteiger partial charge in [-0.3, -0.25) is 4.79 Å². The summed E-state index contributed by atoms with van der Waals surface area (Å²) < 4.78 is 0.946. The predicted octanol–water partition coefficient (Wildman–Crippen LogP) is 3.06. The van der Waals surface area contributed by atoms with Crippen LogP contribution in [-0.4, -0.2) is 16.6 Å². The van der Waals surface area contributed by atoms with E-state index in [2.05, 4.69) is 34.8 Å². The van der Waals surface area contributed by atoms with Crippen LogP contribution in [0.15, 0.2) is 18.2 Å². The van der Waals surface area contributed by atoms with Crippen molar-refractivity contribution >= 4 is 28.5 Å². The van der Waals surface area contributed by atoms with Crippen LogP contribution in [0.2, 0.25) is 0 Å². The predicted molar refractivity (Wildman–Crippen MR) is 75.2 cm³/mol. The Morgan fingerprint density at radius 2 is 2.06 bits per heavy atom. The summed E-state index contributed by atoms with van der Waals surface area (Å²) in [6, 6.07) is 5.06. The lowest BCUT2D eigenvalue weighted by atomic mass is 10.00. The van der Waals surface area contributed by atoms with Crippen molar-refractivity contribution in [2.75, 3.05) is 0 Å². The number of phenolic OH excluding ortho intramolecular Hbond substituents is 1. The largest absolute Gasteiger partial charge is 0.507 e. The summed E-state index contributed by atoms with van der Waals surface area (Å²) >= 11 is 2.13. The van der Waals surface area contributed by atoms with Crippen molar-refractivity contribution < 1.29 is 9.90 Å². The number of halogens is 1. The first-order valence-electron chi connectivity index (χ1n) is 5.81. The molecule has 1 aliphatic carbocycles. The lowest BCUT2D eigenvalue weighted by Gasteiger charge is -2.25. The van der Waals surface area contributed by atoms with Gasteiger partial charge in [0.05, 0.1) is 5.56 Å². The molecule has 1 aromatic carbocycles. The van der Waals surface area contributed by atoms with Gasteiger partial charge in [0.2, 0.25) is 0 Å². The van der Waals surface area contributed by atoms with Gasteiger partial charge in [0, 0.05) is 9.11 Å². The summed E-state index contributed by atoms with van der Waals surface area (Å²) in [7, 11) is 0. The van der Waals surface area contributed by atoms with Gasteiger partial charge in [-0.1, -0.05) is 12.8 Å². The molecule has 2 rings (SSSR count). The molecule has 1 aliphatic rings. The van der Waals surface area contributed by atoms with Crippen LogP contribution in [0.1, 0.15) is 43.0 Å². The monoisotopic (exact) mass is 345 g/mol. The zero-order valence-electron chi connectivity index (χ0n) is 9.79. The minimum atomic E-state index is -0.176. The van der Waals surface area contributed by atoms with Crippen LogP contribution in [0, 0.1) is 3.57 Å². The number of hydrogen-bond donors (Lipinski definition) is 2. The van der Waals surface area contributed by atoms with E-state index in [9.17, 15) is 9.90 Å². The van der Waals surface area contributed by atoms with Crippen LogP contribution in [0.3, 0.4) is 0 Å². The first-order chi connectivity index (χ1) is 8.00. The molecular formula is C13H16INO2. The molecule has 0 bridgehead atoms. The highest BCUT2D eigenvalue weighted by molar-refractivity contribution is 14.1. The highest BCUT2D eigenvalue weighted by Crippen LogP contribution is 2.30. The van der Waals surface area contributed by atoms with Gasteiger partial charge >= 0.3 is 0 Å². The standard InChI is InChI=1S/C13H16INO2/c1-13(6-2-3-7-13)15-12(17)10-8-9(14)4-5-11(10)16/h4-5,8,16H,2-3,6-7H2,1H3,(H,15,17). The Labute approximate surface area is 115 Å². The van der Waals surface area contributed by atoms with E-state index in [1.54, 1.807) is 18.2 Å². The first-order valence-corrected chi connectivity index (χ1v) is 6.89. The van der Waals surface area contributed by atoms with Gasteiger partial charge in [0.1, 0.15) is 5.75 Å². The Hall–Kier alpha value is -0.780. The maximum absolute atomic E-state index is 12.1. The molecule has 0 heterocycles. The molecule has 3 nitrogen and oxygen atoms in total. The Kier molecular flexibility index (Phi) is 3.61. The fourth-order valence-corrected chi connectivity index (χ4v) is 2.80. The van der Waals surface area contributed by atoms with Crippen LogP contribution < -0.4 is 5.32 Å².